The first-order valence-corrected chi connectivity index (χ1v) is 5.75. The quantitative estimate of drug-likeness (QED) is 0.747. The van der Waals surface area contributed by atoms with Crippen LogP contribution in [0.25, 0.3) is 0 Å². The molecule has 0 saturated carbocycles. The van der Waals surface area contributed by atoms with Gasteiger partial charge in [-0.1, -0.05) is 29.9 Å². The van der Waals surface area contributed by atoms with Crippen LogP contribution in [0.5, 0.6) is 0 Å². The zero-order valence-corrected chi connectivity index (χ0v) is 8.13. The maximum Gasteiger partial charge on any atom is 0.189 e. The van der Waals surface area contributed by atoms with Gasteiger partial charge in [0.2, 0.25) is 0 Å². The van der Waals surface area contributed by atoms with Gasteiger partial charge in [0.05, 0.1) is 11.9 Å². The number of halogens is 1. The monoisotopic (exact) mass is 211 g/mol. The molecule has 1 aromatic heterocycles. The molecule has 1 rings (SSSR count). The van der Waals surface area contributed by atoms with Crippen molar-refractivity contribution in [3.63, 3.8) is 0 Å². The Kier molecular flexibility index (Phi) is 2.51. The molecule has 11 heavy (non-hydrogen) atoms. The lowest BCUT2D eigenvalue weighted by Gasteiger charge is -1.91. The number of hydrogen-bond donors (Lipinski definition) is 0. The zero-order valence-electron chi connectivity index (χ0n) is 5.74. The van der Waals surface area contributed by atoms with Gasteiger partial charge in [0.25, 0.3) is 0 Å². The summed E-state index contributed by atoms with van der Waals surface area (Å²) in [6.07, 6.45) is 1.28. The molecule has 0 fully saturated rings. The van der Waals surface area contributed by atoms with Crippen molar-refractivity contribution in [2.75, 3.05) is 5.75 Å². The summed E-state index contributed by atoms with van der Waals surface area (Å²) in [5.41, 5.74) is 0. The van der Waals surface area contributed by atoms with E-state index in [1.54, 1.807) is 6.92 Å². The van der Waals surface area contributed by atoms with Gasteiger partial charge in [-0.15, -0.1) is 0 Å². The molecule has 3 nitrogen and oxygen atoms in total. The van der Waals surface area contributed by atoms with Crippen LogP contribution in [0.4, 0.5) is 0 Å². The topological polar surface area (TPSA) is 47.0 Å². The molecule has 0 atom stereocenters. The van der Waals surface area contributed by atoms with Crippen LogP contribution >= 0.6 is 22.9 Å². The Labute approximate surface area is 73.9 Å². The molecule has 0 aliphatic heterocycles. The fraction of sp³-hybridized carbons (Fsp3) is 0.400. The molecule has 0 N–H and O–H groups in total. The van der Waals surface area contributed by atoms with Crippen molar-refractivity contribution in [3.8, 4) is 0 Å². The average Bonchev–Trinajstić information content (AvgIpc) is 2.36. The zero-order chi connectivity index (χ0) is 8.48. The van der Waals surface area contributed by atoms with Gasteiger partial charge in [-0.05, 0) is 0 Å². The standard InChI is InChI=1S/C5H6ClNO2S2/c1-2-11(8,9)4-3-7-5(6)10-4/h3H,2H2,1H3. The number of aromatic nitrogens is 1. The normalized spacial score (nSPS) is 11.8. The summed E-state index contributed by atoms with van der Waals surface area (Å²) in [4.78, 5) is 3.64. The summed E-state index contributed by atoms with van der Waals surface area (Å²) in [7, 11) is -3.11. The van der Waals surface area contributed by atoms with Crippen molar-refractivity contribution >= 4 is 32.8 Å². The summed E-state index contributed by atoms with van der Waals surface area (Å²) in [5.74, 6) is 0.0888. The maximum atomic E-state index is 11.1. The lowest BCUT2D eigenvalue weighted by molar-refractivity contribution is 0.599. The van der Waals surface area contributed by atoms with Gasteiger partial charge >= 0.3 is 0 Å². The third kappa shape index (κ3) is 1.91. The van der Waals surface area contributed by atoms with E-state index in [4.69, 9.17) is 11.6 Å². The Balaban J connectivity index is 3.13. The van der Waals surface area contributed by atoms with E-state index < -0.39 is 9.84 Å². The highest BCUT2D eigenvalue weighted by molar-refractivity contribution is 7.93. The van der Waals surface area contributed by atoms with Crippen LogP contribution in [0.1, 0.15) is 6.92 Å². The molecule has 0 aromatic carbocycles. The lowest BCUT2D eigenvalue weighted by Crippen LogP contribution is -2.00. The van der Waals surface area contributed by atoms with Gasteiger partial charge in [-0.2, -0.15) is 0 Å². The molecule has 0 unspecified atom stereocenters. The summed E-state index contributed by atoms with van der Waals surface area (Å²) >= 11 is 6.45. The molecular weight excluding hydrogens is 206 g/mol. The molecular formula is C5H6ClNO2S2. The maximum absolute atomic E-state index is 11.1. The van der Waals surface area contributed by atoms with Crippen LogP contribution in [0.15, 0.2) is 10.4 Å². The molecule has 0 amide bonds. The van der Waals surface area contributed by atoms with Crippen LogP contribution in [0, 0.1) is 0 Å². The molecule has 62 valence electrons. The lowest BCUT2D eigenvalue weighted by atomic mass is 11.0. The molecule has 0 saturated heterocycles. The van der Waals surface area contributed by atoms with E-state index in [9.17, 15) is 8.42 Å². The van der Waals surface area contributed by atoms with Crippen LogP contribution in [-0.2, 0) is 9.84 Å². The molecule has 0 radical (unpaired) electrons. The predicted molar refractivity (Wildman–Crippen MR) is 44.9 cm³/mol. The number of hydrogen-bond acceptors (Lipinski definition) is 4. The van der Waals surface area contributed by atoms with Crippen molar-refractivity contribution in [2.45, 2.75) is 11.1 Å². The van der Waals surface area contributed by atoms with Gasteiger partial charge in [0.15, 0.2) is 14.3 Å². The van der Waals surface area contributed by atoms with E-state index in [-0.39, 0.29) is 14.4 Å². The fourth-order valence-corrected chi connectivity index (χ4v) is 2.93. The Bertz CT molecular complexity index is 343. The molecule has 0 aliphatic carbocycles. The minimum atomic E-state index is -3.11. The second kappa shape index (κ2) is 3.08. The van der Waals surface area contributed by atoms with Crippen LogP contribution in [0.2, 0.25) is 4.47 Å². The Hall–Kier alpha value is -0.130. The van der Waals surface area contributed by atoms with E-state index in [1.807, 2.05) is 0 Å². The van der Waals surface area contributed by atoms with Crippen molar-refractivity contribution in [1.29, 1.82) is 0 Å². The van der Waals surface area contributed by atoms with E-state index in [1.165, 1.54) is 6.20 Å². The molecule has 0 bridgehead atoms. The molecule has 0 aliphatic rings. The van der Waals surface area contributed by atoms with Crippen molar-refractivity contribution in [1.82, 2.24) is 4.98 Å². The third-order valence-electron chi connectivity index (χ3n) is 1.14. The van der Waals surface area contributed by atoms with Crippen molar-refractivity contribution in [3.05, 3.63) is 10.7 Å². The minimum absolute atomic E-state index is 0.0888. The predicted octanol–water partition coefficient (Wildman–Crippen LogP) is 1.59. The van der Waals surface area contributed by atoms with Gasteiger partial charge in [-0.3, -0.25) is 0 Å². The summed E-state index contributed by atoms with van der Waals surface area (Å²) in [6.45, 7) is 1.59. The number of nitrogens with zero attached hydrogens (tertiary/aromatic N) is 1. The highest BCUT2D eigenvalue weighted by Gasteiger charge is 2.14. The highest BCUT2D eigenvalue weighted by Crippen LogP contribution is 2.22. The number of rotatable bonds is 2. The molecule has 1 aromatic rings. The second-order valence-electron chi connectivity index (χ2n) is 1.84. The smallest absolute Gasteiger partial charge is 0.189 e. The van der Waals surface area contributed by atoms with E-state index in [2.05, 4.69) is 4.98 Å². The largest absolute Gasteiger partial charge is 0.232 e. The Morgan fingerprint density at radius 2 is 2.36 bits per heavy atom. The summed E-state index contributed by atoms with van der Waals surface area (Å²) in [6, 6.07) is 0. The van der Waals surface area contributed by atoms with Crippen molar-refractivity contribution < 1.29 is 8.42 Å². The minimum Gasteiger partial charge on any atom is -0.232 e. The highest BCUT2D eigenvalue weighted by atomic mass is 35.5. The third-order valence-corrected chi connectivity index (χ3v) is 4.54. The van der Waals surface area contributed by atoms with Gasteiger partial charge < -0.3 is 0 Å². The first kappa shape index (κ1) is 8.96. The van der Waals surface area contributed by atoms with Gasteiger partial charge in [-0.25, -0.2) is 13.4 Å². The number of sulfone groups is 1. The first-order chi connectivity index (χ1) is 5.06. The molecule has 0 spiro atoms. The number of thiazole rings is 1. The van der Waals surface area contributed by atoms with E-state index in [0.717, 1.165) is 11.3 Å². The van der Waals surface area contributed by atoms with Crippen molar-refractivity contribution in [2.24, 2.45) is 0 Å². The van der Waals surface area contributed by atoms with Crippen LogP contribution in [0.3, 0.4) is 0 Å². The Morgan fingerprint density at radius 3 is 2.73 bits per heavy atom. The van der Waals surface area contributed by atoms with Gasteiger partial charge in [0, 0.05) is 0 Å². The summed E-state index contributed by atoms with van der Waals surface area (Å²) < 4.78 is 22.8. The Morgan fingerprint density at radius 1 is 1.73 bits per heavy atom. The molecule has 6 heteroatoms. The van der Waals surface area contributed by atoms with Gasteiger partial charge in [0.1, 0.15) is 4.21 Å². The van der Waals surface area contributed by atoms with Crippen LogP contribution in [-0.4, -0.2) is 19.2 Å². The van der Waals surface area contributed by atoms with E-state index >= 15 is 0 Å². The second-order valence-corrected chi connectivity index (χ2v) is 5.95. The van der Waals surface area contributed by atoms with Crippen LogP contribution < -0.4 is 0 Å². The first-order valence-electron chi connectivity index (χ1n) is 2.90. The van der Waals surface area contributed by atoms with E-state index in [0.29, 0.717) is 0 Å². The summed E-state index contributed by atoms with van der Waals surface area (Å²) in [5, 5.41) is 0. The SMILES string of the molecule is CCS(=O)(=O)c1cnc(Cl)s1. The fourth-order valence-electron chi connectivity index (χ4n) is 0.525. The average molecular weight is 212 g/mol. The molecule has 1 heterocycles.